The largest absolute Gasteiger partial charge is 0.352 e. The van der Waals surface area contributed by atoms with Crippen molar-refractivity contribution >= 4 is 39.1 Å². The van der Waals surface area contributed by atoms with Crippen molar-refractivity contribution in [1.82, 2.24) is 20.5 Å². The average molecular weight is 405 g/mol. The number of hydrogen-bond acceptors (Lipinski definition) is 5. The summed E-state index contributed by atoms with van der Waals surface area (Å²) in [6.45, 7) is 2.38. The Morgan fingerprint density at radius 3 is 2.86 bits per heavy atom. The third kappa shape index (κ3) is 4.17. The van der Waals surface area contributed by atoms with Crippen LogP contribution in [-0.2, 0) is 6.42 Å². The number of rotatable bonds is 6. The molecule has 0 bridgehead atoms. The zero-order valence-corrected chi connectivity index (χ0v) is 16.5. The number of thiazole rings is 1. The quantitative estimate of drug-likeness (QED) is 0.457. The van der Waals surface area contributed by atoms with Crippen LogP contribution in [0.3, 0.4) is 0 Å². The molecule has 146 valence electrons. The molecule has 4 aromatic rings. The van der Waals surface area contributed by atoms with Gasteiger partial charge in [0.05, 0.1) is 21.3 Å². The molecular weight excluding hydrogens is 386 g/mol. The van der Waals surface area contributed by atoms with E-state index in [1.807, 2.05) is 31.2 Å². The number of benzene rings is 2. The summed E-state index contributed by atoms with van der Waals surface area (Å²) in [6, 6.07) is 12.6. The van der Waals surface area contributed by atoms with E-state index in [0.29, 0.717) is 29.8 Å². The summed E-state index contributed by atoms with van der Waals surface area (Å²) in [4.78, 5) is 29.5. The second kappa shape index (κ2) is 8.24. The van der Waals surface area contributed by atoms with Gasteiger partial charge in [0.2, 0.25) is 0 Å². The van der Waals surface area contributed by atoms with Gasteiger partial charge in [0, 0.05) is 36.1 Å². The van der Waals surface area contributed by atoms with Crippen LogP contribution in [0.25, 0.3) is 10.2 Å². The van der Waals surface area contributed by atoms with E-state index in [4.69, 9.17) is 0 Å². The fourth-order valence-corrected chi connectivity index (χ4v) is 3.79. The molecule has 2 aromatic heterocycles. The number of amides is 2. The summed E-state index contributed by atoms with van der Waals surface area (Å²) in [5.41, 5.74) is 6.03. The number of hydrogen-bond donors (Lipinski definition) is 3. The molecular formula is C21H19N5O2S. The van der Waals surface area contributed by atoms with Crippen molar-refractivity contribution in [3.63, 3.8) is 0 Å². The van der Waals surface area contributed by atoms with Crippen LogP contribution in [0.15, 0.2) is 54.2 Å². The van der Waals surface area contributed by atoms with Gasteiger partial charge in [-0.1, -0.05) is 12.1 Å². The predicted octanol–water partition coefficient (Wildman–Crippen LogP) is 3.55. The van der Waals surface area contributed by atoms with Crippen LogP contribution in [0.5, 0.6) is 0 Å². The van der Waals surface area contributed by atoms with E-state index in [-0.39, 0.29) is 11.8 Å². The molecule has 0 aliphatic rings. The summed E-state index contributed by atoms with van der Waals surface area (Å²) >= 11 is 1.43. The number of anilines is 1. The minimum Gasteiger partial charge on any atom is -0.352 e. The Labute approximate surface area is 171 Å². The molecule has 0 spiro atoms. The Balaban J connectivity index is 1.47. The zero-order valence-electron chi connectivity index (χ0n) is 15.7. The van der Waals surface area contributed by atoms with E-state index < -0.39 is 0 Å². The molecule has 0 saturated carbocycles. The normalized spacial score (nSPS) is 10.8. The van der Waals surface area contributed by atoms with Gasteiger partial charge >= 0.3 is 0 Å². The zero-order chi connectivity index (χ0) is 20.2. The summed E-state index contributed by atoms with van der Waals surface area (Å²) in [6.07, 6.45) is 2.35. The molecule has 0 atom stereocenters. The van der Waals surface area contributed by atoms with Crippen molar-refractivity contribution in [3.05, 3.63) is 76.6 Å². The fraction of sp³-hybridized carbons (Fsp3) is 0.143. The van der Waals surface area contributed by atoms with Gasteiger partial charge in [-0.05, 0) is 42.8 Å². The highest BCUT2D eigenvalue weighted by molar-refractivity contribution is 7.17. The van der Waals surface area contributed by atoms with Crippen molar-refractivity contribution < 1.29 is 9.59 Å². The smallest absolute Gasteiger partial charge is 0.257 e. The van der Waals surface area contributed by atoms with Gasteiger partial charge in [-0.25, -0.2) is 4.98 Å². The van der Waals surface area contributed by atoms with Crippen LogP contribution in [0.1, 0.15) is 32.0 Å². The number of nitrogens with one attached hydrogen (secondary N) is 3. The van der Waals surface area contributed by atoms with E-state index in [9.17, 15) is 9.59 Å². The molecule has 0 unspecified atom stereocenters. The summed E-state index contributed by atoms with van der Waals surface area (Å²) in [7, 11) is 0. The number of aromatic nitrogens is 3. The first-order valence-corrected chi connectivity index (χ1v) is 10.0. The maximum Gasteiger partial charge on any atom is 0.257 e. The van der Waals surface area contributed by atoms with Crippen molar-refractivity contribution in [3.8, 4) is 0 Å². The minimum absolute atomic E-state index is 0.190. The van der Waals surface area contributed by atoms with Gasteiger partial charge in [0.15, 0.2) is 0 Å². The molecule has 2 aromatic carbocycles. The molecule has 4 rings (SSSR count). The van der Waals surface area contributed by atoms with Crippen LogP contribution in [-0.4, -0.2) is 33.5 Å². The first-order chi connectivity index (χ1) is 14.1. The second-order valence-electron chi connectivity index (χ2n) is 6.58. The van der Waals surface area contributed by atoms with Crippen molar-refractivity contribution in [2.45, 2.75) is 13.3 Å². The van der Waals surface area contributed by atoms with Crippen LogP contribution in [0.2, 0.25) is 0 Å². The molecule has 0 aliphatic carbocycles. The van der Waals surface area contributed by atoms with Crippen LogP contribution in [0.4, 0.5) is 5.69 Å². The number of nitrogens with zero attached hydrogens (tertiary/aromatic N) is 2. The third-order valence-corrected chi connectivity index (χ3v) is 5.46. The van der Waals surface area contributed by atoms with Crippen molar-refractivity contribution in [2.24, 2.45) is 0 Å². The Morgan fingerprint density at radius 1 is 1.14 bits per heavy atom. The van der Waals surface area contributed by atoms with Gasteiger partial charge in [-0.15, -0.1) is 11.3 Å². The fourth-order valence-electron chi connectivity index (χ4n) is 2.99. The number of aromatic amines is 1. The van der Waals surface area contributed by atoms with Gasteiger partial charge in [-0.3, -0.25) is 14.7 Å². The van der Waals surface area contributed by atoms with E-state index in [1.54, 1.807) is 29.9 Å². The van der Waals surface area contributed by atoms with Gasteiger partial charge < -0.3 is 10.6 Å². The summed E-state index contributed by atoms with van der Waals surface area (Å²) in [5.74, 6) is -0.413. The maximum absolute atomic E-state index is 12.8. The standard InChI is InChI=1S/C21H19N5O2S/c1-13-5-6-14(20(27)22-9-7-15-8-10-24-26-15)11-18(13)25-21(28)16-3-2-4-17-19(16)29-12-23-17/h2-6,8,10-12H,7,9H2,1H3,(H,22,27)(H,24,26)(H,25,28). The van der Waals surface area contributed by atoms with Crippen LogP contribution < -0.4 is 10.6 Å². The van der Waals surface area contributed by atoms with Gasteiger partial charge in [0.25, 0.3) is 11.8 Å². The highest BCUT2D eigenvalue weighted by Gasteiger charge is 2.14. The summed E-state index contributed by atoms with van der Waals surface area (Å²) in [5, 5.41) is 12.6. The lowest BCUT2D eigenvalue weighted by Gasteiger charge is -2.11. The van der Waals surface area contributed by atoms with E-state index in [1.165, 1.54) is 11.3 Å². The highest BCUT2D eigenvalue weighted by atomic mass is 32.1. The first-order valence-electron chi connectivity index (χ1n) is 9.12. The lowest BCUT2D eigenvalue weighted by atomic mass is 10.1. The Kier molecular flexibility index (Phi) is 5.35. The molecule has 2 amide bonds. The van der Waals surface area contributed by atoms with E-state index in [2.05, 4.69) is 25.8 Å². The van der Waals surface area contributed by atoms with Gasteiger partial charge in [0.1, 0.15) is 0 Å². The van der Waals surface area contributed by atoms with Crippen molar-refractivity contribution in [2.75, 3.05) is 11.9 Å². The molecule has 2 heterocycles. The van der Waals surface area contributed by atoms with E-state index in [0.717, 1.165) is 21.5 Å². The van der Waals surface area contributed by atoms with E-state index >= 15 is 0 Å². The molecule has 0 fully saturated rings. The summed E-state index contributed by atoms with van der Waals surface area (Å²) < 4.78 is 0.843. The van der Waals surface area contributed by atoms with Gasteiger partial charge in [-0.2, -0.15) is 5.10 Å². The second-order valence-corrected chi connectivity index (χ2v) is 7.43. The minimum atomic E-state index is -0.222. The molecule has 7 nitrogen and oxygen atoms in total. The first kappa shape index (κ1) is 18.8. The molecule has 0 radical (unpaired) electrons. The topological polar surface area (TPSA) is 99.8 Å². The molecule has 8 heteroatoms. The number of fused-ring (bicyclic) bond motifs is 1. The monoisotopic (exact) mass is 405 g/mol. The molecule has 29 heavy (non-hydrogen) atoms. The average Bonchev–Trinajstić information content (AvgIpc) is 3.40. The van der Waals surface area contributed by atoms with Crippen LogP contribution in [0, 0.1) is 6.92 Å². The predicted molar refractivity (Wildman–Crippen MR) is 113 cm³/mol. The Hall–Kier alpha value is -3.52. The lowest BCUT2D eigenvalue weighted by molar-refractivity contribution is 0.0952. The number of H-pyrrole nitrogens is 1. The number of carbonyl (C=O) groups is 2. The SMILES string of the molecule is Cc1ccc(C(=O)NCCc2ccn[nH]2)cc1NC(=O)c1cccc2ncsc12. The maximum atomic E-state index is 12.8. The van der Waals surface area contributed by atoms with Crippen LogP contribution >= 0.6 is 11.3 Å². The molecule has 0 saturated heterocycles. The number of carbonyl (C=O) groups excluding carboxylic acids is 2. The van der Waals surface area contributed by atoms with Crippen molar-refractivity contribution in [1.29, 1.82) is 0 Å². The molecule has 0 aliphatic heterocycles. The highest BCUT2D eigenvalue weighted by Crippen LogP contribution is 2.24. The Bertz CT molecular complexity index is 1170. The Morgan fingerprint density at radius 2 is 2.03 bits per heavy atom. The lowest BCUT2D eigenvalue weighted by Crippen LogP contribution is -2.26. The molecule has 3 N–H and O–H groups in total. The number of aryl methyl sites for hydroxylation is 1. The third-order valence-electron chi connectivity index (χ3n) is 4.59.